The topological polar surface area (TPSA) is 87.3 Å². The van der Waals surface area contributed by atoms with Crippen LogP contribution in [0.25, 0.3) is 0 Å². The molecule has 1 aromatic rings. The molecule has 0 spiro atoms. The Bertz CT molecular complexity index is 655. The van der Waals surface area contributed by atoms with Gasteiger partial charge in [0.15, 0.2) is 0 Å². The Balaban J connectivity index is 2.87. The zero-order valence-corrected chi connectivity index (χ0v) is 25.4. The molecule has 0 fully saturated rings. The summed E-state index contributed by atoms with van der Waals surface area (Å²) in [5.41, 5.74) is 1.89. The Labute approximate surface area is 213 Å². The van der Waals surface area contributed by atoms with Gasteiger partial charge in [-0.25, -0.2) is 0 Å². The zero-order valence-electron chi connectivity index (χ0n) is 14.6. The van der Waals surface area contributed by atoms with Gasteiger partial charge in [-0.3, -0.25) is 0 Å². The van der Waals surface area contributed by atoms with Crippen LogP contribution in [0.2, 0.25) is 0 Å². The van der Waals surface area contributed by atoms with Crippen molar-refractivity contribution in [1.29, 1.82) is 0 Å². The number of benzene rings is 1. The van der Waals surface area contributed by atoms with Crippen molar-refractivity contribution in [3.05, 3.63) is 29.8 Å². The van der Waals surface area contributed by atoms with E-state index in [0.29, 0.717) is 10.1 Å². The Morgan fingerprint density at radius 1 is 1.04 bits per heavy atom. The van der Waals surface area contributed by atoms with E-state index in [1.807, 2.05) is 38.1 Å². The van der Waals surface area contributed by atoms with Gasteiger partial charge < -0.3 is 0 Å². The van der Waals surface area contributed by atoms with Crippen molar-refractivity contribution >= 4 is 116 Å². The summed E-state index contributed by atoms with van der Waals surface area (Å²) in [6.45, 7) is 3.71. The molecule has 0 saturated heterocycles. The first kappa shape index (κ1) is 26.3. The number of hydrogen-bond donors (Lipinski definition) is 3. The Morgan fingerprint density at radius 2 is 1.63 bits per heavy atom. The van der Waals surface area contributed by atoms with E-state index in [1.54, 1.807) is 22.6 Å². The summed E-state index contributed by atoms with van der Waals surface area (Å²) in [5, 5.41) is 8.37. The number of carbonyl (C=O) groups is 3. The fourth-order valence-corrected chi connectivity index (χ4v) is 8.71. The van der Waals surface area contributed by atoms with Crippen LogP contribution in [0.4, 0.5) is 10.5 Å². The molecule has 1 unspecified atom stereocenters. The second kappa shape index (κ2) is 13.6. The van der Waals surface area contributed by atoms with Crippen molar-refractivity contribution in [1.82, 2.24) is 10.6 Å². The number of alkyl halides is 2. The normalized spacial score (nSPS) is 13.5. The molecule has 1 rings (SSSR count). The van der Waals surface area contributed by atoms with Crippen LogP contribution in [0.3, 0.4) is 0 Å². The molecule has 3 amide bonds. The number of rotatable bonds is 9. The van der Waals surface area contributed by atoms with Crippen molar-refractivity contribution in [3.8, 4) is 0 Å². The molecular formula is C16H20I5N3O3. The summed E-state index contributed by atoms with van der Waals surface area (Å²) in [6.07, 6.45) is 0. The first-order valence-electron chi connectivity index (χ1n) is 7.85. The molecule has 0 radical (unpaired) electrons. The standard InChI is InChI=1S/C16H20I5N3O3/c1-9(2)13(24-16(18)27)15(26)23-12(8-21(19)20)14(25)22-11-5-3-10(7-17)4-6-11/h3-6,9,12-13H,7-8H2,1-2H3,(H,22,25)(H,23,26)(H,24,27)/t12-,13?/m0/s1. The van der Waals surface area contributed by atoms with E-state index in [2.05, 4.69) is 75.8 Å². The number of halogens is 5. The quantitative estimate of drug-likeness (QED) is 0.134. The van der Waals surface area contributed by atoms with E-state index >= 15 is 0 Å². The number of hydrogen-bond acceptors (Lipinski definition) is 3. The molecule has 27 heavy (non-hydrogen) atoms. The average Bonchev–Trinajstić information content (AvgIpc) is 2.58. The minimum absolute atomic E-state index is 0.0814. The Kier molecular flexibility index (Phi) is 13.2. The van der Waals surface area contributed by atoms with Crippen LogP contribution in [0, 0.1) is 5.92 Å². The second-order valence-corrected chi connectivity index (χ2v) is 33.7. The number of nitrogens with one attached hydrogen (secondary N) is 3. The van der Waals surface area contributed by atoms with Crippen LogP contribution < -0.4 is 16.0 Å². The molecule has 0 aromatic heterocycles. The predicted octanol–water partition coefficient (Wildman–Crippen LogP) is 5.42. The van der Waals surface area contributed by atoms with E-state index in [1.165, 1.54) is 5.56 Å². The third-order valence-corrected chi connectivity index (χ3v) is 10.7. The summed E-state index contributed by atoms with van der Waals surface area (Å²) in [7, 11) is 0. The fraction of sp³-hybridized carbons (Fsp3) is 0.438. The van der Waals surface area contributed by atoms with Gasteiger partial charge in [-0.2, -0.15) is 0 Å². The van der Waals surface area contributed by atoms with Crippen LogP contribution in [0.5, 0.6) is 0 Å². The van der Waals surface area contributed by atoms with Crippen LogP contribution in [0.1, 0.15) is 19.4 Å². The van der Waals surface area contributed by atoms with Gasteiger partial charge in [0.05, 0.1) is 0 Å². The monoisotopic (exact) mass is 937 g/mol. The Hall–Kier alpha value is 1.28. The number of amides is 3. The van der Waals surface area contributed by atoms with Gasteiger partial charge in [-0.1, -0.05) is 0 Å². The van der Waals surface area contributed by atoms with E-state index in [9.17, 15) is 14.4 Å². The van der Waals surface area contributed by atoms with E-state index in [4.69, 9.17) is 0 Å². The summed E-state index contributed by atoms with van der Waals surface area (Å²) in [6, 6.07) is 6.38. The van der Waals surface area contributed by atoms with Crippen molar-refractivity contribution < 1.29 is 14.4 Å². The maximum absolute atomic E-state index is 12.8. The predicted molar refractivity (Wildman–Crippen MR) is 153 cm³/mol. The maximum atomic E-state index is 12.8. The van der Waals surface area contributed by atoms with Crippen LogP contribution in [0.15, 0.2) is 24.3 Å². The van der Waals surface area contributed by atoms with E-state index in [0.717, 1.165) is 4.43 Å². The molecule has 0 heterocycles. The van der Waals surface area contributed by atoms with Crippen LogP contribution >= 0.6 is 94.3 Å². The summed E-state index contributed by atoms with van der Waals surface area (Å²) < 4.78 is 1.24. The molecule has 2 atom stereocenters. The summed E-state index contributed by atoms with van der Waals surface area (Å²) in [5.74, 6) is -0.646. The van der Waals surface area contributed by atoms with Gasteiger partial charge in [0.2, 0.25) is 0 Å². The number of carbonyl (C=O) groups excluding carboxylic acids is 3. The molecule has 0 aliphatic rings. The minimum atomic E-state index is -1.35. The second-order valence-electron chi connectivity index (χ2n) is 5.93. The third-order valence-electron chi connectivity index (χ3n) is 3.50. The molecule has 0 saturated carbocycles. The van der Waals surface area contributed by atoms with Crippen molar-refractivity contribution in [3.63, 3.8) is 0 Å². The molecule has 152 valence electrons. The SMILES string of the molecule is CC(C)C(NC(=O)I)C(=O)N[C@@H](CI(I)I)C(=O)Nc1ccc(CI)cc1. The third kappa shape index (κ3) is 10.2. The van der Waals surface area contributed by atoms with Gasteiger partial charge in [0.25, 0.3) is 0 Å². The zero-order chi connectivity index (χ0) is 20.6. The molecule has 11 heteroatoms. The molecule has 3 N–H and O–H groups in total. The molecule has 0 aliphatic heterocycles. The summed E-state index contributed by atoms with van der Waals surface area (Å²) >= 11 is 7.29. The average molecular weight is 937 g/mol. The molecule has 6 nitrogen and oxygen atoms in total. The van der Waals surface area contributed by atoms with Crippen molar-refractivity contribution in [2.45, 2.75) is 30.4 Å². The number of anilines is 1. The van der Waals surface area contributed by atoms with Gasteiger partial charge in [-0.15, -0.1) is 0 Å². The fourth-order valence-electron chi connectivity index (χ4n) is 2.12. The molecule has 1 aromatic carbocycles. The first-order valence-corrected chi connectivity index (χ1v) is 24.5. The van der Waals surface area contributed by atoms with Gasteiger partial charge in [0, 0.05) is 0 Å². The van der Waals surface area contributed by atoms with Crippen LogP contribution in [-0.4, -0.2) is 32.2 Å². The molecular weight excluding hydrogens is 917 g/mol. The van der Waals surface area contributed by atoms with Gasteiger partial charge in [0.1, 0.15) is 0 Å². The van der Waals surface area contributed by atoms with Crippen molar-refractivity contribution in [2.75, 3.05) is 9.74 Å². The van der Waals surface area contributed by atoms with Crippen molar-refractivity contribution in [2.24, 2.45) is 5.92 Å². The Morgan fingerprint density at radius 3 is 2.07 bits per heavy atom. The van der Waals surface area contributed by atoms with Gasteiger partial charge in [-0.05, 0) is 0 Å². The van der Waals surface area contributed by atoms with Gasteiger partial charge >= 0.3 is 217 Å². The van der Waals surface area contributed by atoms with E-state index < -0.39 is 24.0 Å². The molecule has 0 aliphatic carbocycles. The summed E-state index contributed by atoms with van der Waals surface area (Å²) in [4.78, 5) is 36.8. The van der Waals surface area contributed by atoms with E-state index in [-0.39, 0.29) is 21.6 Å². The first-order chi connectivity index (χ1) is 12.6. The molecule has 0 bridgehead atoms. The van der Waals surface area contributed by atoms with Crippen LogP contribution in [-0.2, 0) is 14.0 Å².